The van der Waals surface area contributed by atoms with E-state index < -0.39 is 0 Å². The van der Waals surface area contributed by atoms with Gasteiger partial charge < -0.3 is 15.4 Å². The van der Waals surface area contributed by atoms with Crippen LogP contribution in [0.4, 0.5) is 4.39 Å². The fourth-order valence-corrected chi connectivity index (χ4v) is 1.13. The zero-order chi connectivity index (χ0) is 12.7. The number of likely N-dealkylation sites (N-methyl/N-ethyl adjacent to an activating group) is 1. The van der Waals surface area contributed by atoms with Crippen molar-refractivity contribution in [2.45, 2.75) is 13.0 Å². The number of hydrogen-bond acceptors (Lipinski definition) is 3. The molecule has 1 atom stereocenters. The summed E-state index contributed by atoms with van der Waals surface area (Å²) < 4.78 is 17.9. The summed E-state index contributed by atoms with van der Waals surface area (Å²) in [5, 5.41) is 5.69. The van der Waals surface area contributed by atoms with Gasteiger partial charge in [-0.1, -0.05) is 6.07 Å². The zero-order valence-electron chi connectivity index (χ0n) is 10.00. The SMILES string of the molecule is CNC(C)CNC(=O)COc1cccc(F)c1. The molecule has 1 aromatic rings. The van der Waals surface area contributed by atoms with E-state index in [4.69, 9.17) is 4.74 Å². The Morgan fingerprint density at radius 1 is 1.53 bits per heavy atom. The highest BCUT2D eigenvalue weighted by Crippen LogP contribution is 2.11. The van der Waals surface area contributed by atoms with E-state index >= 15 is 0 Å². The van der Waals surface area contributed by atoms with Crippen LogP contribution in [-0.2, 0) is 4.79 Å². The van der Waals surface area contributed by atoms with Gasteiger partial charge in [0.1, 0.15) is 11.6 Å². The molecule has 0 saturated carbocycles. The molecule has 1 aromatic carbocycles. The lowest BCUT2D eigenvalue weighted by Gasteiger charge is -2.11. The molecule has 0 fully saturated rings. The van der Waals surface area contributed by atoms with Gasteiger partial charge in [0.25, 0.3) is 5.91 Å². The maximum atomic E-state index is 12.8. The molecule has 0 heterocycles. The molecule has 0 saturated heterocycles. The third kappa shape index (κ3) is 5.31. The third-order valence-corrected chi connectivity index (χ3v) is 2.26. The van der Waals surface area contributed by atoms with Crippen LogP contribution < -0.4 is 15.4 Å². The summed E-state index contributed by atoms with van der Waals surface area (Å²) in [4.78, 5) is 11.4. The quantitative estimate of drug-likeness (QED) is 0.777. The van der Waals surface area contributed by atoms with Crippen LogP contribution in [0.15, 0.2) is 24.3 Å². The van der Waals surface area contributed by atoms with Gasteiger partial charge in [-0.15, -0.1) is 0 Å². The first-order valence-corrected chi connectivity index (χ1v) is 5.44. The molecule has 0 aliphatic carbocycles. The lowest BCUT2D eigenvalue weighted by Crippen LogP contribution is -2.39. The van der Waals surface area contributed by atoms with Gasteiger partial charge in [-0.2, -0.15) is 0 Å². The minimum absolute atomic E-state index is 0.111. The maximum Gasteiger partial charge on any atom is 0.257 e. The number of carbonyl (C=O) groups is 1. The van der Waals surface area contributed by atoms with Crippen molar-refractivity contribution >= 4 is 5.91 Å². The van der Waals surface area contributed by atoms with Crippen molar-refractivity contribution in [3.8, 4) is 5.75 Å². The minimum atomic E-state index is -0.383. The number of benzene rings is 1. The summed E-state index contributed by atoms with van der Waals surface area (Å²) >= 11 is 0. The van der Waals surface area contributed by atoms with Crippen molar-refractivity contribution in [3.05, 3.63) is 30.1 Å². The number of carbonyl (C=O) groups excluding carboxylic acids is 1. The molecule has 0 radical (unpaired) electrons. The summed E-state index contributed by atoms with van der Waals surface area (Å²) in [6.45, 7) is 2.37. The van der Waals surface area contributed by atoms with Crippen molar-refractivity contribution in [2.24, 2.45) is 0 Å². The highest BCUT2D eigenvalue weighted by atomic mass is 19.1. The molecule has 0 aliphatic rings. The van der Waals surface area contributed by atoms with Crippen molar-refractivity contribution in [1.82, 2.24) is 10.6 Å². The number of amides is 1. The first-order valence-electron chi connectivity index (χ1n) is 5.44. The Kier molecular flexibility index (Phi) is 5.42. The van der Waals surface area contributed by atoms with Crippen LogP contribution in [0.3, 0.4) is 0 Å². The Morgan fingerprint density at radius 3 is 2.94 bits per heavy atom. The second kappa shape index (κ2) is 6.85. The van der Waals surface area contributed by atoms with Gasteiger partial charge in [-0.3, -0.25) is 4.79 Å². The Labute approximate surface area is 100 Å². The van der Waals surface area contributed by atoms with Crippen molar-refractivity contribution in [1.29, 1.82) is 0 Å². The predicted molar refractivity (Wildman–Crippen MR) is 63.4 cm³/mol. The topological polar surface area (TPSA) is 50.4 Å². The van der Waals surface area contributed by atoms with E-state index in [1.165, 1.54) is 18.2 Å². The van der Waals surface area contributed by atoms with E-state index in [2.05, 4.69) is 10.6 Å². The molecule has 94 valence electrons. The monoisotopic (exact) mass is 240 g/mol. The van der Waals surface area contributed by atoms with Crippen LogP contribution >= 0.6 is 0 Å². The summed E-state index contributed by atoms with van der Waals surface area (Å²) in [6.07, 6.45) is 0. The first kappa shape index (κ1) is 13.4. The molecule has 0 aliphatic heterocycles. The van der Waals surface area contributed by atoms with E-state index in [-0.39, 0.29) is 24.4 Å². The average molecular weight is 240 g/mol. The predicted octanol–water partition coefficient (Wildman–Crippen LogP) is 0.929. The van der Waals surface area contributed by atoms with Crippen LogP contribution in [0.25, 0.3) is 0 Å². The van der Waals surface area contributed by atoms with Crippen LogP contribution in [0.5, 0.6) is 5.75 Å². The molecule has 1 amide bonds. The number of halogens is 1. The standard InChI is InChI=1S/C12H17FN2O2/c1-9(14-2)7-15-12(16)8-17-11-5-3-4-10(13)6-11/h3-6,9,14H,7-8H2,1-2H3,(H,15,16). The average Bonchev–Trinajstić information content (AvgIpc) is 2.33. The highest BCUT2D eigenvalue weighted by Gasteiger charge is 2.04. The lowest BCUT2D eigenvalue weighted by molar-refractivity contribution is -0.123. The van der Waals surface area contributed by atoms with Gasteiger partial charge in [-0.05, 0) is 26.1 Å². The summed E-state index contributed by atoms with van der Waals surface area (Å²) in [5.74, 6) is -0.259. The van der Waals surface area contributed by atoms with Gasteiger partial charge in [-0.25, -0.2) is 4.39 Å². The third-order valence-electron chi connectivity index (χ3n) is 2.26. The second-order valence-corrected chi connectivity index (χ2v) is 3.74. The Bertz CT molecular complexity index is 371. The van der Waals surface area contributed by atoms with Crippen LogP contribution in [0, 0.1) is 5.82 Å². The first-order chi connectivity index (χ1) is 8.11. The van der Waals surface area contributed by atoms with Gasteiger partial charge >= 0.3 is 0 Å². The van der Waals surface area contributed by atoms with Crippen molar-refractivity contribution in [2.75, 3.05) is 20.2 Å². The molecule has 0 spiro atoms. The van der Waals surface area contributed by atoms with E-state index in [0.29, 0.717) is 12.3 Å². The molecule has 1 unspecified atom stereocenters. The zero-order valence-corrected chi connectivity index (χ0v) is 10.00. The Hall–Kier alpha value is -1.62. The summed E-state index contributed by atoms with van der Waals surface area (Å²) in [7, 11) is 1.82. The molecule has 17 heavy (non-hydrogen) atoms. The summed E-state index contributed by atoms with van der Waals surface area (Å²) in [5.41, 5.74) is 0. The van der Waals surface area contributed by atoms with Crippen molar-refractivity contribution < 1.29 is 13.9 Å². The molecule has 5 heteroatoms. The molecule has 1 rings (SSSR count). The van der Waals surface area contributed by atoms with E-state index in [0.717, 1.165) is 0 Å². The fraction of sp³-hybridized carbons (Fsp3) is 0.417. The molecule has 0 bridgehead atoms. The van der Waals surface area contributed by atoms with Crippen molar-refractivity contribution in [3.63, 3.8) is 0 Å². The van der Waals surface area contributed by atoms with Gasteiger partial charge in [0.15, 0.2) is 6.61 Å². The number of ether oxygens (including phenoxy) is 1. The number of rotatable bonds is 6. The molecule has 4 nitrogen and oxygen atoms in total. The van der Waals surface area contributed by atoms with Gasteiger partial charge in [0.2, 0.25) is 0 Å². The smallest absolute Gasteiger partial charge is 0.257 e. The Balaban J connectivity index is 2.28. The van der Waals surface area contributed by atoms with E-state index in [1.807, 2.05) is 14.0 Å². The maximum absolute atomic E-state index is 12.8. The lowest BCUT2D eigenvalue weighted by atomic mass is 10.3. The second-order valence-electron chi connectivity index (χ2n) is 3.74. The molecule has 0 aromatic heterocycles. The van der Waals surface area contributed by atoms with Crippen LogP contribution in [-0.4, -0.2) is 32.1 Å². The normalized spacial score (nSPS) is 11.9. The highest BCUT2D eigenvalue weighted by molar-refractivity contribution is 5.77. The molecular formula is C12H17FN2O2. The van der Waals surface area contributed by atoms with Gasteiger partial charge in [0, 0.05) is 18.7 Å². The van der Waals surface area contributed by atoms with E-state index in [9.17, 15) is 9.18 Å². The van der Waals surface area contributed by atoms with Crippen LogP contribution in [0.2, 0.25) is 0 Å². The van der Waals surface area contributed by atoms with Gasteiger partial charge in [0.05, 0.1) is 0 Å². The van der Waals surface area contributed by atoms with E-state index in [1.54, 1.807) is 6.07 Å². The fourth-order valence-electron chi connectivity index (χ4n) is 1.13. The van der Waals surface area contributed by atoms with Crippen LogP contribution in [0.1, 0.15) is 6.92 Å². The molecular weight excluding hydrogens is 223 g/mol. The minimum Gasteiger partial charge on any atom is -0.484 e. The Morgan fingerprint density at radius 2 is 2.29 bits per heavy atom. The number of nitrogens with one attached hydrogen (secondary N) is 2. The largest absolute Gasteiger partial charge is 0.484 e. The number of hydrogen-bond donors (Lipinski definition) is 2. The molecule has 2 N–H and O–H groups in total. The summed E-state index contributed by atoms with van der Waals surface area (Å²) in [6, 6.07) is 5.90.